The summed E-state index contributed by atoms with van der Waals surface area (Å²) in [5.41, 5.74) is 1.87. The Morgan fingerprint density at radius 2 is 1.73 bits per heavy atom. The fourth-order valence-corrected chi connectivity index (χ4v) is 2.71. The van der Waals surface area contributed by atoms with Crippen LogP contribution in [0.4, 0.5) is 0 Å². The monoisotopic (exact) mass is 376 g/mol. The molecule has 2 aromatic rings. The van der Waals surface area contributed by atoms with Gasteiger partial charge < -0.3 is 10.1 Å². The number of benzene rings is 2. The van der Waals surface area contributed by atoms with Crippen molar-refractivity contribution in [2.24, 2.45) is 0 Å². The molecule has 2 rings (SSSR count). The van der Waals surface area contributed by atoms with Gasteiger partial charge in [-0.05, 0) is 30.2 Å². The van der Waals surface area contributed by atoms with Gasteiger partial charge in [0.1, 0.15) is 5.75 Å². The van der Waals surface area contributed by atoms with E-state index in [0.717, 1.165) is 11.1 Å². The predicted octanol–water partition coefficient (Wildman–Crippen LogP) is 2.33. The molecule has 0 unspecified atom stereocenters. The second kappa shape index (κ2) is 8.82. The fourth-order valence-electron chi connectivity index (χ4n) is 2.32. The van der Waals surface area contributed by atoms with Crippen molar-refractivity contribution in [2.45, 2.75) is 19.5 Å². The summed E-state index contributed by atoms with van der Waals surface area (Å²) in [6.07, 6.45) is 1.17. The SMILES string of the molecule is C[C@@H](NC(=O)COc1ccc(CN(C)S(C)(=O)=O)cc1)c1ccccc1. The Morgan fingerprint density at radius 1 is 1.12 bits per heavy atom. The third-order valence-electron chi connectivity index (χ3n) is 3.94. The van der Waals surface area contributed by atoms with Crippen molar-refractivity contribution in [3.63, 3.8) is 0 Å². The second-order valence-corrected chi connectivity index (χ2v) is 8.24. The summed E-state index contributed by atoms with van der Waals surface area (Å²) in [4.78, 5) is 12.0. The first-order valence-electron chi connectivity index (χ1n) is 8.23. The molecule has 0 aliphatic carbocycles. The van der Waals surface area contributed by atoms with Crippen LogP contribution in [0.1, 0.15) is 24.1 Å². The molecule has 0 aliphatic rings. The minimum atomic E-state index is -3.22. The topological polar surface area (TPSA) is 75.7 Å². The zero-order valence-corrected chi connectivity index (χ0v) is 16.0. The van der Waals surface area contributed by atoms with Crippen LogP contribution >= 0.6 is 0 Å². The summed E-state index contributed by atoms with van der Waals surface area (Å²) in [5.74, 6) is 0.348. The van der Waals surface area contributed by atoms with Gasteiger partial charge in [0.2, 0.25) is 10.0 Å². The third kappa shape index (κ3) is 6.16. The van der Waals surface area contributed by atoms with Gasteiger partial charge in [0.05, 0.1) is 12.3 Å². The maximum Gasteiger partial charge on any atom is 0.258 e. The molecule has 0 fully saturated rings. The molecule has 1 N–H and O–H groups in total. The van der Waals surface area contributed by atoms with Crippen molar-refractivity contribution in [3.8, 4) is 5.75 Å². The molecule has 0 aliphatic heterocycles. The van der Waals surface area contributed by atoms with Crippen LogP contribution < -0.4 is 10.1 Å². The molecule has 0 aromatic heterocycles. The number of hydrogen-bond donors (Lipinski definition) is 1. The lowest BCUT2D eigenvalue weighted by molar-refractivity contribution is -0.123. The quantitative estimate of drug-likeness (QED) is 0.767. The van der Waals surface area contributed by atoms with Gasteiger partial charge in [-0.3, -0.25) is 4.79 Å². The van der Waals surface area contributed by atoms with E-state index in [9.17, 15) is 13.2 Å². The summed E-state index contributed by atoms with van der Waals surface area (Å²) in [6.45, 7) is 2.12. The molecule has 7 heteroatoms. The maximum absolute atomic E-state index is 12.0. The standard InChI is InChI=1S/C19H24N2O4S/c1-15(17-7-5-4-6-8-17)20-19(22)14-25-18-11-9-16(10-12-18)13-21(2)26(3,23)24/h4-12,15H,13-14H2,1-3H3,(H,20,22)/t15-/m1/s1. The smallest absolute Gasteiger partial charge is 0.258 e. The number of amides is 1. The fraction of sp³-hybridized carbons (Fsp3) is 0.316. The van der Waals surface area contributed by atoms with Crippen LogP contribution in [0.2, 0.25) is 0 Å². The number of sulfonamides is 1. The van der Waals surface area contributed by atoms with Gasteiger partial charge in [0.15, 0.2) is 6.61 Å². The van der Waals surface area contributed by atoms with E-state index in [1.165, 1.54) is 17.6 Å². The number of carbonyl (C=O) groups excluding carboxylic acids is 1. The molecule has 0 heterocycles. The maximum atomic E-state index is 12.0. The molecular weight excluding hydrogens is 352 g/mol. The van der Waals surface area contributed by atoms with E-state index in [1.807, 2.05) is 37.3 Å². The van der Waals surface area contributed by atoms with Crippen molar-refractivity contribution >= 4 is 15.9 Å². The molecule has 2 aromatic carbocycles. The van der Waals surface area contributed by atoms with Crippen molar-refractivity contribution in [3.05, 3.63) is 65.7 Å². The molecule has 26 heavy (non-hydrogen) atoms. The van der Waals surface area contributed by atoms with E-state index in [0.29, 0.717) is 5.75 Å². The lowest BCUT2D eigenvalue weighted by Gasteiger charge is -2.15. The largest absolute Gasteiger partial charge is 0.484 e. The molecule has 0 spiro atoms. The Hall–Kier alpha value is -2.38. The van der Waals surface area contributed by atoms with Crippen LogP contribution in [0.3, 0.4) is 0 Å². The van der Waals surface area contributed by atoms with E-state index in [4.69, 9.17) is 4.74 Å². The summed E-state index contributed by atoms with van der Waals surface area (Å²) in [7, 11) is -1.69. The first kappa shape index (κ1) is 19.9. The Balaban J connectivity index is 1.83. The Labute approximate surface area is 154 Å². The summed E-state index contributed by atoms with van der Waals surface area (Å²) in [5, 5.41) is 2.88. The van der Waals surface area contributed by atoms with Crippen LogP contribution in [0.5, 0.6) is 5.75 Å². The van der Waals surface area contributed by atoms with Crippen molar-refractivity contribution in [1.82, 2.24) is 9.62 Å². The highest BCUT2D eigenvalue weighted by atomic mass is 32.2. The number of nitrogens with zero attached hydrogens (tertiary/aromatic N) is 1. The van der Waals surface area contributed by atoms with Gasteiger partial charge in [-0.2, -0.15) is 0 Å². The van der Waals surface area contributed by atoms with Crippen molar-refractivity contribution in [2.75, 3.05) is 19.9 Å². The molecule has 0 bridgehead atoms. The third-order valence-corrected chi connectivity index (χ3v) is 5.20. The first-order valence-corrected chi connectivity index (χ1v) is 10.1. The van der Waals surface area contributed by atoms with Gasteiger partial charge in [0, 0.05) is 13.6 Å². The minimum absolute atomic E-state index is 0.0836. The molecule has 0 saturated carbocycles. The van der Waals surface area contributed by atoms with Crippen LogP contribution in [-0.4, -0.2) is 38.5 Å². The van der Waals surface area contributed by atoms with E-state index in [2.05, 4.69) is 5.32 Å². The summed E-state index contributed by atoms with van der Waals surface area (Å²) >= 11 is 0. The zero-order valence-electron chi connectivity index (χ0n) is 15.2. The van der Waals surface area contributed by atoms with Crippen LogP contribution in [0.25, 0.3) is 0 Å². The average molecular weight is 376 g/mol. The van der Waals surface area contributed by atoms with Gasteiger partial charge in [0.25, 0.3) is 5.91 Å². The summed E-state index contributed by atoms with van der Waals surface area (Å²) in [6, 6.07) is 16.6. The molecule has 140 valence electrons. The number of nitrogens with one attached hydrogen (secondary N) is 1. The Kier molecular flexibility index (Phi) is 6.76. The highest BCUT2D eigenvalue weighted by Crippen LogP contribution is 2.15. The predicted molar refractivity (Wildman–Crippen MR) is 101 cm³/mol. The first-order chi connectivity index (χ1) is 12.3. The molecule has 6 nitrogen and oxygen atoms in total. The second-order valence-electron chi connectivity index (χ2n) is 6.15. The number of carbonyl (C=O) groups is 1. The van der Waals surface area contributed by atoms with Gasteiger partial charge in [-0.15, -0.1) is 0 Å². The highest BCUT2D eigenvalue weighted by Gasteiger charge is 2.12. The Morgan fingerprint density at radius 3 is 2.31 bits per heavy atom. The van der Waals surface area contributed by atoms with Gasteiger partial charge >= 0.3 is 0 Å². The van der Waals surface area contributed by atoms with Gasteiger partial charge in [-0.25, -0.2) is 12.7 Å². The van der Waals surface area contributed by atoms with E-state index in [-0.39, 0.29) is 25.1 Å². The van der Waals surface area contributed by atoms with Crippen molar-refractivity contribution < 1.29 is 17.9 Å². The number of ether oxygens (including phenoxy) is 1. The van der Waals surface area contributed by atoms with Crippen molar-refractivity contribution in [1.29, 1.82) is 0 Å². The number of rotatable bonds is 8. The normalized spacial score (nSPS) is 12.6. The molecule has 0 saturated heterocycles. The average Bonchev–Trinajstić information content (AvgIpc) is 2.61. The molecule has 0 radical (unpaired) electrons. The van der Waals surface area contributed by atoms with Crippen LogP contribution in [0, 0.1) is 0 Å². The van der Waals surface area contributed by atoms with Gasteiger partial charge in [-0.1, -0.05) is 42.5 Å². The zero-order chi connectivity index (χ0) is 19.2. The van der Waals surface area contributed by atoms with E-state index in [1.54, 1.807) is 24.3 Å². The lowest BCUT2D eigenvalue weighted by Crippen LogP contribution is -2.31. The molecule has 1 atom stereocenters. The minimum Gasteiger partial charge on any atom is -0.484 e. The molecule has 1 amide bonds. The lowest BCUT2D eigenvalue weighted by atomic mass is 10.1. The van der Waals surface area contributed by atoms with E-state index >= 15 is 0 Å². The molecular formula is C19H24N2O4S. The Bertz CT molecular complexity index is 820. The van der Waals surface area contributed by atoms with Crippen LogP contribution in [-0.2, 0) is 21.4 Å². The van der Waals surface area contributed by atoms with Crippen LogP contribution in [0.15, 0.2) is 54.6 Å². The van der Waals surface area contributed by atoms with E-state index < -0.39 is 10.0 Å². The number of hydrogen-bond acceptors (Lipinski definition) is 4. The summed E-state index contributed by atoms with van der Waals surface area (Å²) < 4.78 is 29.6. The highest BCUT2D eigenvalue weighted by molar-refractivity contribution is 7.88.